The van der Waals surface area contributed by atoms with Gasteiger partial charge < -0.3 is 10.1 Å². The van der Waals surface area contributed by atoms with Crippen molar-refractivity contribution in [1.29, 1.82) is 0 Å². The SMILES string of the molecule is Cc1cccc(N(CC(=O)Nc2ccccc2Oc2ccccc2)S(C)(=O)=O)c1. The molecule has 1 N–H and O–H groups in total. The molecule has 0 bridgehead atoms. The van der Waals surface area contributed by atoms with Gasteiger partial charge >= 0.3 is 0 Å². The van der Waals surface area contributed by atoms with Gasteiger partial charge in [0.15, 0.2) is 5.75 Å². The lowest BCUT2D eigenvalue weighted by Gasteiger charge is -2.22. The van der Waals surface area contributed by atoms with Crippen molar-refractivity contribution in [3.8, 4) is 11.5 Å². The number of nitrogens with zero attached hydrogens (tertiary/aromatic N) is 1. The highest BCUT2D eigenvalue weighted by Crippen LogP contribution is 2.29. The lowest BCUT2D eigenvalue weighted by atomic mass is 10.2. The molecule has 0 aliphatic heterocycles. The molecule has 0 aromatic heterocycles. The summed E-state index contributed by atoms with van der Waals surface area (Å²) in [4.78, 5) is 12.7. The quantitative estimate of drug-likeness (QED) is 0.634. The highest BCUT2D eigenvalue weighted by Gasteiger charge is 2.21. The molecular weight excluding hydrogens is 388 g/mol. The Morgan fingerprint density at radius 3 is 2.34 bits per heavy atom. The van der Waals surface area contributed by atoms with E-state index < -0.39 is 15.9 Å². The van der Waals surface area contributed by atoms with E-state index in [1.165, 1.54) is 0 Å². The van der Waals surface area contributed by atoms with Gasteiger partial charge in [-0.25, -0.2) is 8.42 Å². The lowest BCUT2D eigenvalue weighted by Crippen LogP contribution is -2.37. The van der Waals surface area contributed by atoms with Crippen LogP contribution in [0, 0.1) is 6.92 Å². The van der Waals surface area contributed by atoms with Crippen LogP contribution < -0.4 is 14.4 Å². The van der Waals surface area contributed by atoms with Gasteiger partial charge in [-0.15, -0.1) is 0 Å². The van der Waals surface area contributed by atoms with Crippen LogP contribution in [-0.2, 0) is 14.8 Å². The molecule has 6 nitrogen and oxygen atoms in total. The van der Waals surface area contributed by atoms with E-state index in [1.54, 1.807) is 42.5 Å². The molecule has 3 rings (SSSR count). The molecule has 0 saturated heterocycles. The Morgan fingerprint density at radius 2 is 1.66 bits per heavy atom. The fraction of sp³-hybridized carbons (Fsp3) is 0.136. The summed E-state index contributed by atoms with van der Waals surface area (Å²) in [6, 6.07) is 23.2. The van der Waals surface area contributed by atoms with Crippen molar-refractivity contribution in [3.05, 3.63) is 84.4 Å². The van der Waals surface area contributed by atoms with Crippen LogP contribution in [0.1, 0.15) is 5.56 Å². The van der Waals surface area contributed by atoms with Gasteiger partial charge in [0.1, 0.15) is 12.3 Å². The van der Waals surface area contributed by atoms with Crippen LogP contribution in [0.15, 0.2) is 78.9 Å². The van der Waals surface area contributed by atoms with E-state index >= 15 is 0 Å². The van der Waals surface area contributed by atoms with Gasteiger partial charge in [-0.1, -0.05) is 42.5 Å². The number of para-hydroxylation sites is 3. The standard InChI is InChI=1S/C22H22N2O4S/c1-17-9-8-10-18(15-17)24(29(2,26)27)16-22(25)23-20-13-6-7-14-21(20)28-19-11-4-3-5-12-19/h3-15H,16H2,1-2H3,(H,23,25). The molecule has 3 aromatic rings. The van der Waals surface area contributed by atoms with E-state index in [9.17, 15) is 13.2 Å². The van der Waals surface area contributed by atoms with Crippen molar-refractivity contribution in [2.24, 2.45) is 0 Å². The summed E-state index contributed by atoms with van der Waals surface area (Å²) in [6.45, 7) is 1.52. The Kier molecular flexibility index (Phi) is 6.19. The minimum Gasteiger partial charge on any atom is -0.455 e. The molecule has 0 heterocycles. The van der Waals surface area contributed by atoms with Gasteiger partial charge in [0.25, 0.3) is 0 Å². The lowest BCUT2D eigenvalue weighted by molar-refractivity contribution is -0.114. The third kappa shape index (κ3) is 5.58. The average molecular weight is 410 g/mol. The molecule has 0 saturated carbocycles. The molecule has 3 aromatic carbocycles. The van der Waals surface area contributed by atoms with Crippen LogP contribution in [0.5, 0.6) is 11.5 Å². The largest absolute Gasteiger partial charge is 0.455 e. The first-order chi connectivity index (χ1) is 13.8. The summed E-state index contributed by atoms with van der Waals surface area (Å²) in [5, 5.41) is 2.75. The fourth-order valence-corrected chi connectivity index (χ4v) is 3.63. The Labute approximate surface area is 170 Å². The average Bonchev–Trinajstić information content (AvgIpc) is 2.67. The van der Waals surface area contributed by atoms with E-state index in [0.717, 1.165) is 16.1 Å². The van der Waals surface area contributed by atoms with Crippen LogP contribution in [-0.4, -0.2) is 27.1 Å². The summed E-state index contributed by atoms with van der Waals surface area (Å²) in [5.41, 5.74) is 1.80. The van der Waals surface area contributed by atoms with Gasteiger partial charge in [-0.2, -0.15) is 0 Å². The molecule has 0 atom stereocenters. The monoisotopic (exact) mass is 410 g/mol. The molecule has 0 unspecified atom stereocenters. The predicted molar refractivity (Wildman–Crippen MR) is 115 cm³/mol. The number of sulfonamides is 1. The highest BCUT2D eigenvalue weighted by atomic mass is 32.2. The molecule has 0 radical (unpaired) electrons. The van der Waals surface area contributed by atoms with Crippen LogP contribution >= 0.6 is 0 Å². The van der Waals surface area contributed by atoms with E-state index in [2.05, 4.69) is 5.32 Å². The van der Waals surface area contributed by atoms with Gasteiger partial charge in [0.2, 0.25) is 15.9 Å². The maximum Gasteiger partial charge on any atom is 0.245 e. The molecule has 0 aliphatic rings. The van der Waals surface area contributed by atoms with Gasteiger partial charge in [-0.3, -0.25) is 9.10 Å². The highest BCUT2D eigenvalue weighted by molar-refractivity contribution is 7.92. The molecular formula is C22H22N2O4S. The van der Waals surface area contributed by atoms with E-state index in [-0.39, 0.29) is 6.54 Å². The van der Waals surface area contributed by atoms with E-state index in [0.29, 0.717) is 22.9 Å². The van der Waals surface area contributed by atoms with Gasteiger partial charge in [-0.05, 0) is 48.9 Å². The zero-order valence-corrected chi connectivity index (χ0v) is 17.0. The fourth-order valence-electron chi connectivity index (χ4n) is 2.78. The second kappa shape index (κ2) is 8.79. The molecule has 7 heteroatoms. The zero-order valence-electron chi connectivity index (χ0n) is 16.2. The van der Waals surface area contributed by atoms with Crippen LogP contribution in [0.3, 0.4) is 0 Å². The minimum atomic E-state index is -3.64. The third-order valence-corrected chi connectivity index (χ3v) is 5.25. The Morgan fingerprint density at radius 1 is 0.966 bits per heavy atom. The van der Waals surface area contributed by atoms with Crippen LogP contribution in [0.25, 0.3) is 0 Å². The number of nitrogens with one attached hydrogen (secondary N) is 1. The summed E-state index contributed by atoms with van der Waals surface area (Å²) in [7, 11) is -3.64. The maximum atomic E-state index is 12.7. The van der Waals surface area contributed by atoms with Crippen molar-refractivity contribution in [2.75, 3.05) is 22.4 Å². The Bertz CT molecular complexity index is 1100. The smallest absolute Gasteiger partial charge is 0.245 e. The number of carbonyl (C=O) groups is 1. The number of amides is 1. The number of anilines is 2. The number of hydrogen-bond acceptors (Lipinski definition) is 4. The zero-order chi connectivity index (χ0) is 20.9. The van der Waals surface area contributed by atoms with Crippen molar-refractivity contribution in [2.45, 2.75) is 6.92 Å². The molecule has 29 heavy (non-hydrogen) atoms. The van der Waals surface area contributed by atoms with Crippen LogP contribution in [0.2, 0.25) is 0 Å². The summed E-state index contributed by atoms with van der Waals surface area (Å²) in [6.07, 6.45) is 1.08. The number of benzene rings is 3. The van der Waals surface area contributed by atoms with Crippen molar-refractivity contribution in [1.82, 2.24) is 0 Å². The number of carbonyl (C=O) groups excluding carboxylic acids is 1. The van der Waals surface area contributed by atoms with Crippen LogP contribution in [0.4, 0.5) is 11.4 Å². The van der Waals surface area contributed by atoms with E-state index in [4.69, 9.17) is 4.74 Å². The van der Waals surface area contributed by atoms with Crippen molar-refractivity contribution in [3.63, 3.8) is 0 Å². The van der Waals surface area contributed by atoms with Crippen molar-refractivity contribution < 1.29 is 17.9 Å². The number of aryl methyl sites for hydroxylation is 1. The second-order valence-electron chi connectivity index (χ2n) is 6.57. The predicted octanol–water partition coefficient (Wildman–Crippen LogP) is 4.19. The van der Waals surface area contributed by atoms with Crippen molar-refractivity contribution >= 4 is 27.3 Å². The van der Waals surface area contributed by atoms with E-state index in [1.807, 2.05) is 43.3 Å². The molecule has 0 aliphatic carbocycles. The summed E-state index contributed by atoms with van der Waals surface area (Å²) in [5.74, 6) is 0.626. The number of rotatable bonds is 7. The maximum absolute atomic E-state index is 12.7. The normalized spacial score (nSPS) is 11.0. The molecule has 0 spiro atoms. The Hall–Kier alpha value is -3.32. The summed E-state index contributed by atoms with van der Waals surface area (Å²) < 4.78 is 31.4. The Balaban J connectivity index is 1.79. The number of ether oxygens (including phenoxy) is 1. The first-order valence-electron chi connectivity index (χ1n) is 8.99. The van der Waals surface area contributed by atoms with Gasteiger partial charge in [0, 0.05) is 0 Å². The molecule has 1 amide bonds. The molecule has 150 valence electrons. The third-order valence-electron chi connectivity index (χ3n) is 4.11. The topological polar surface area (TPSA) is 75.7 Å². The first-order valence-corrected chi connectivity index (χ1v) is 10.8. The second-order valence-corrected chi connectivity index (χ2v) is 8.47. The number of hydrogen-bond donors (Lipinski definition) is 1. The first kappa shape index (κ1) is 20.4. The minimum absolute atomic E-state index is 0.345. The summed E-state index contributed by atoms with van der Waals surface area (Å²) >= 11 is 0. The van der Waals surface area contributed by atoms with Gasteiger partial charge in [0.05, 0.1) is 17.6 Å². The molecule has 0 fully saturated rings.